The normalized spacial score (nSPS) is 11.2. The molecule has 4 nitrogen and oxygen atoms in total. The first-order chi connectivity index (χ1) is 8.26. The summed E-state index contributed by atoms with van der Waals surface area (Å²) in [6.07, 6.45) is 7.62. The second-order valence-electron chi connectivity index (χ2n) is 3.82. The molecule has 3 rings (SSSR count). The minimum Gasteiger partial charge on any atom is -0.305 e. The molecule has 3 heterocycles. The lowest BCUT2D eigenvalue weighted by Gasteiger charge is -1.91. The summed E-state index contributed by atoms with van der Waals surface area (Å²) in [5, 5.41) is 4.94. The quantitative estimate of drug-likeness (QED) is 0.697. The summed E-state index contributed by atoms with van der Waals surface area (Å²) in [6.45, 7) is 2.92. The van der Waals surface area contributed by atoms with Crippen molar-refractivity contribution >= 4 is 17.2 Å². The Balaban J connectivity index is 2.11. The molecule has 3 aromatic rings. The molecule has 0 aliphatic rings. The Morgan fingerprint density at radius 2 is 2.12 bits per heavy atom. The number of hydrogen-bond donors (Lipinski definition) is 0. The minimum atomic E-state index is 0.700. The van der Waals surface area contributed by atoms with E-state index in [1.807, 2.05) is 46.0 Å². The van der Waals surface area contributed by atoms with Crippen LogP contribution in [0.4, 0.5) is 0 Å². The molecular formula is C12H11ClN4. The number of fused-ring (bicyclic) bond motifs is 1. The molecule has 17 heavy (non-hydrogen) atoms. The van der Waals surface area contributed by atoms with Crippen LogP contribution in [-0.4, -0.2) is 19.2 Å². The van der Waals surface area contributed by atoms with E-state index in [-0.39, 0.29) is 0 Å². The van der Waals surface area contributed by atoms with E-state index in [2.05, 4.69) is 17.0 Å². The average Bonchev–Trinajstić information content (AvgIpc) is 2.93. The molecule has 0 saturated carbocycles. The number of imidazole rings is 1. The van der Waals surface area contributed by atoms with E-state index in [0.717, 1.165) is 23.4 Å². The van der Waals surface area contributed by atoms with Gasteiger partial charge in [-0.1, -0.05) is 11.6 Å². The zero-order chi connectivity index (χ0) is 11.8. The Morgan fingerprint density at radius 1 is 1.24 bits per heavy atom. The van der Waals surface area contributed by atoms with Crippen LogP contribution < -0.4 is 0 Å². The summed E-state index contributed by atoms with van der Waals surface area (Å²) < 4.78 is 3.80. The molecule has 86 valence electrons. The highest BCUT2D eigenvalue weighted by Gasteiger charge is 2.06. The summed E-state index contributed by atoms with van der Waals surface area (Å²) in [5.41, 5.74) is 2.81. The maximum Gasteiger partial charge on any atom is 0.137 e. The van der Waals surface area contributed by atoms with Gasteiger partial charge >= 0.3 is 0 Å². The van der Waals surface area contributed by atoms with Gasteiger partial charge in [0.1, 0.15) is 5.65 Å². The molecule has 0 atom stereocenters. The molecule has 3 aromatic heterocycles. The Kier molecular flexibility index (Phi) is 2.37. The van der Waals surface area contributed by atoms with Gasteiger partial charge in [-0.2, -0.15) is 5.10 Å². The van der Waals surface area contributed by atoms with Crippen LogP contribution in [-0.2, 0) is 6.54 Å². The van der Waals surface area contributed by atoms with Crippen LogP contribution >= 0.6 is 11.6 Å². The molecule has 0 amide bonds. The van der Waals surface area contributed by atoms with Crippen LogP contribution in [0.5, 0.6) is 0 Å². The number of halogens is 1. The molecular weight excluding hydrogens is 236 g/mol. The molecule has 0 aliphatic carbocycles. The predicted octanol–water partition coefficient (Wildman–Crippen LogP) is 2.87. The van der Waals surface area contributed by atoms with Crippen LogP contribution in [0.3, 0.4) is 0 Å². The molecule has 0 saturated heterocycles. The molecule has 0 unspecified atom stereocenters. The van der Waals surface area contributed by atoms with Gasteiger partial charge in [0.25, 0.3) is 0 Å². The van der Waals surface area contributed by atoms with E-state index in [1.165, 1.54) is 0 Å². The minimum absolute atomic E-state index is 0.700. The zero-order valence-corrected chi connectivity index (χ0v) is 10.1. The smallest absolute Gasteiger partial charge is 0.137 e. The highest BCUT2D eigenvalue weighted by molar-refractivity contribution is 6.30. The van der Waals surface area contributed by atoms with Gasteiger partial charge in [-0.3, -0.25) is 4.68 Å². The largest absolute Gasteiger partial charge is 0.305 e. The lowest BCUT2D eigenvalue weighted by Crippen LogP contribution is -1.91. The van der Waals surface area contributed by atoms with Gasteiger partial charge in [-0.25, -0.2) is 4.98 Å². The van der Waals surface area contributed by atoms with E-state index in [1.54, 1.807) is 0 Å². The molecule has 0 aromatic carbocycles. The molecule has 0 aliphatic heterocycles. The maximum absolute atomic E-state index is 5.94. The SMILES string of the molecule is CCn1cc(-c2cn3cc(Cl)ccc3n2)cn1. The molecule has 0 spiro atoms. The number of aryl methyl sites for hydroxylation is 1. The fraction of sp³-hybridized carbons (Fsp3) is 0.167. The topological polar surface area (TPSA) is 35.1 Å². The number of hydrogen-bond acceptors (Lipinski definition) is 2. The number of nitrogens with zero attached hydrogens (tertiary/aromatic N) is 4. The monoisotopic (exact) mass is 246 g/mol. The van der Waals surface area contributed by atoms with Crippen LogP contribution in [0.15, 0.2) is 36.9 Å². The van der Waals surface area contributed by atoms with Crippen molar-refractivity contribution in [1.82, 2.24) is 19.2 Å². The van der Waals surface area contributed by atoms with Gasteiger partial charge in [-0.15, -0.1) is 0 Å². The van der Waals surface area contributed by atoms with Crippen LogP contribution in [0, 0.1) is 0 Å². The van der Waals surface area contributed by atoms with Crippen LogP contribution in [0.25, 0.3) is 16.9 Å². The Morgan fingerprint density at radius 3 is 2.88 bits per heavy atom. The molecule has 0 radical (unpaired) electrons. The van der Waals surface area contributed by atoms with Crippen LogP contribution in [0.1, 0.15) is 6.92 Å². The standard InChI is InChI=1S/C12H11ClN4/c1-2-17-6-9(5-14-17)11-8-16-7-10(13)3-4-12(16)15-11/h3-8H,2H2,1H3. The summed E-state index contributed by atoms with van der Waals surface area (Å²) in [7, 11) is 0. The number of rotatable bonds is 2. The van der Waals surface area contributed by atoms with Gasteiger partial charge < -0.3 is 4.40 Å². The van der Waals surface area contributed by atoms with Crippen molar-refractivity contribution in [3.8, 4) is 11.3 Å². The molecule has 5 heteroatoms. The van der Waals surface area contributed by atoms with Crippen molar-refractivity contribution in [2.24, 2.45) is 0 Å². The number of pyridine rings is 1. The Hall–Kier alpha value is -1.81. The van der Waals surface area contributed by atoms with Crippen molar-refractivity contribution in [3.63, 3.8) is 0 Å². The van der Waals surface area contributed by atoms with E-state index >= 15 is 0 Å². The van der Waals surface area contributed by atoms with Crippen molar-refractivity contribution in [1.29, 1.82) is 0 Å². The molecule has 0 fully saturated rings. The molecule has 0 bridgehead atoms. The van der Waals surface area contributed by atoms with Crippen LogP contribution in [0.2, 0.25) is 5.02 Å². The van der Waals surface area contributed by atoms with Gasteiger partial charge in [0, 0.05) is 30.7 Å². The third kappa shape index (κ3) is 1.80. The van der Waals surface area contributed by atoms with Crippen molar-refractivity contribution in [2.45, 2.75) is 13.5 Å². The van der Waals surface area contributed by atoms with E-state index < -0.39 is 0 Å². The predicted molar refractivity (Wildman–Crippen MR) is 67.1 cm³/mol. The second-order valence-corrected chi connectivity index (χ2v) is 4.26. The lowest BCUT2D eigenvalue weighted by molar-refractivity contribution is 0.660. The first-order valence-electron chi connectivity index (χ1n) is 5.43. The summed E-state index contributed by atoms with van der Waals surface area (Å²) in [6, 6.07) is 3.74. The lowest BCUT2D eigenvalue weighted by atomic mass is 10.3. The van der Waals surface area contributed by atoms with E-state index in [9.17, 15) is 0 Å². The third-order valence-electron chi connectivity index (χ3n) is 2.67. The third-order valence-corrected chi connectivity index (χ3v) is 2.89. The fourth-order valence-electron chi connectivity index (χ4n) is 1.77. The van der Waals surface area contributed by atoms with E-state index in [4.69, 9.17) is 11.6 Å². The van der Waals surface area contributed by atoms with Gasteiger partial charge in [0.2, 0.25) is 0 Å². The summed E-state index contributed by atoms with van der Waals surface area (Å²) >= 11 is 5.94. The van der Waals surface area contributed by atoms with Gasteiger partial charge in [0.15, 0.2) is 0 Å². The Labute approximate surface area is 103 Å². The highest BCUT2D eigenvalue weighted by atomic mass is 35.5. The highest BCUT2D eigenvalue weighted by Crippen LogP contribution is 2.19. The zero-order valence-electron chi connectivity index (χ0n) is 9.34. The van der Waals surface area contributed by atoms with Crippen molar-refractivity contribution in [2.75, 3.05) is 0 Å². The molecule has 0 N–H and O–H groups in total. The summed E-state index contributed by atoms with van der Waals surface area (Å²) in [4.78, 5) is 4.52. The average molecular weight is 247 g/mol. The second kappa shape index (κ2) is 3.89. The fourth-order valence-corrected chi connectivity index (χ4v) is 1.94. The first kappa shape index (κ1) is 10.4. The van der Waals surface area contributed by atoms with E-state index in [0.29, 0.717) is 5.02 Å². The summed E-state index contributed by atoms with van der Waals surface area (Å²) in [5.74, 6) is 0. The Bertz CT molecular complexity index is 668. The first-order valence-corrected chi connectivity index (χ1v) is 5.81. The maximum atomic E-state index is 5.94. The van der Waals surface area contributed by atoms with Crippen molar-refractivity contribution < 1.29 is 0 Å². The van der Waals surface area contributed by atoms with Crippen molar-refractivity contribution in [3.05, 3.63) is 41.9 Å². The van der Waals surface area contributed by atoms with Gasteiger partial charge in [0.05, 0.1) is 16.9 Å². The number of aromatic nitrogens is 4. The van der Waals surface area contributed by atoms with Gasteiger partial charge in [-0.05, 0) is 19.1 Å².